The third kappa shape index (κ3) is 1.75. The van der Waals surface area contributed by atoms with Gasteiger partial charge in [-0.25, -0.2) is 0 Å². The maximum absolute atomic E-state index is 11.5. The van der Waals surface area contributed by atoms with Crippen LogP contribution in [-0.2, 0) is 4.79 Å². The van der Waals surface area contributed by atoms with Crippen molar-refractivity contribution < 1.29 is 4.79 Å². The summed E-state index contributed by atoms with van der Waals surface area (Å²) in [7, 11) is 0. The van der Waals surface area contributed by atoms with E-state index in [1.165, 1.54) is 23.3 Å². The van der Waals surface area contributed by atoms with Gasteiger partial charge in [-0.2, -0.15) is 9.36 Å². The number of rotatable bonds is 2. The Kier molecular flexibility index (Phi) is 2.71. The lowest BCUT2D eigenvalue weighted by atomic mass is 10.3. The number of carbonyl (C=O) groups is 1. The summed E-state index contributed by atoms with van der Waals surface area (Å²) < 4.78 is 4.10. The largest absolute Gasteiger partial charge is 0.326 e. The molecule has 1 amide bonds. The fourth-order valence-corrected chi connectivity index (χ4v) is 2.56. The molecule has 2 heterocycles. The second-order valence-corrected chi connectivity index (χ2v) is 4.54. The van der Waals surface area contributed by atoms with Crippen LogP contribution in [0.25, 0.3) is 0 Å². The quantitative estimate of drug-likeness (QED) is 0.741. The molecule has 1 aliphatic rings. The molecule has 5 nitrogen and oxygen atoms in total. The van der Waals surface area contributed by atoms with Crippen LogP contribution >= 0.6 is 23.3 Å². The Morgan fingerprint density at radius 2 is 2.50 bits per heavy atom. The predicted molar refractivity (Wildman–Crippen MR) is 56.6 cm³/mol. The number of aromatic nitrogens is 2. The van der Waals surface area contributed by atoms with Gasteiger partial charge in [-0.3, -0.25) is 9.69 Å². The van der Waals surface area contributed by atoms with Gasteiger partial charge < -0.3 is 5.73 Å². The Morgan fingerprint density at radius 3 is 3.00 bits per heavy atom. The number of thioether (sulfide) groups is 1. The second-order valence-electron chi connectivity index (χ2n) is 3.03. The van der Waals surface area contributed by atoms with Crippen LogP contribution in [0.5, 0.6) is 0 Å². The molecule has 1 atom stereocenters. The standard InChI is InChI=1S/C7H10N4OS2/c1-13-6-9-7(14-10-6)11-3-4(8)2-5(11)12/h4H,2-3,8H2,1H3. The molecular weight excluding hydrogens is 220 g/mol. The van der Waals surface area contributed by atoms with E-state index in [1.807, 2.05) is 6.26 Å². The topological polar surface area (TPSA) is 72.1 Å². The van der Waals surface area contributed by atoms with Crippen molar-refractivity contribution in [2.45, 2.75) is 17.6 Å². The highest BCUT2D eigenvalue weighted by Crippen LogP contribution is 2.25. The van der Waals surface area contributed by atoms with E-state index >= 15 is 0 Å². The van der Waals surface area contributed by atoms with E-state index in [9.17, 15) is 4.79 Å². The summed E-state index contributed by atoms with van der Waals surface area (Å²) >= 11 is 2.71. The monoisotopic (exact) mass is 230 g/mol. The molecule has 0 aliphatic carbocycles. The lowest BCUT2D eigenvalue weighted by Crippen LogP contribution is -2.27. The third-order valence-electron chi connectivity index (χ3n) is 1.97. The van der Waals surface area contributed by atoms with Crippen LogP contribution in [0.1, 0.15) is 6.42 Å². The van der Waals surface area contributed by atoms with E-state index in [1.54, 1.807) is 4.90 Å². The molecule has 0 radical (unpaired) electrons. The van der Waals surface area contributed by atoms with Gasteiger partial charge in [0.05, 0.1) is 0 Å². The molecule has 0 spiro atoms. The summed E-state index contributed by atoms with van der Waals surface area (Å²) in [5.41, 5.74) is 5.68. The van der Waals surface area contributed by atoms with Gasteiger partial charge in [0.1, 0.15) is 0 Å². The van der Waals surface area contributed by atoms with Gasteiger partial charge in [-0.1, -0.05) is 11.8 Å². The fraction of sp³-hybridized carbons (Fsp3) is 0.571. The molecule has 14 heavy (non-hydrogen) atoms. The Hall–Kier alpha value is -0.660. The first-order chi connectivity index (χ1) is 6.70. The zero-order chi connectivity index (χ0) is 10.1. The highest BCUT2D eigenvalue weighted by molar-refractivity contribution is 7.98. The van der Waals surface area contributed by atoms with Crippen molar-refractivity contribution in [3.05, 3.63) is 0 Å². The van der Waals surface area contributed by atoms with E-state index in [0.717, 1.165) is 0 Å². The van der Waals surface area contributed by atoms with Crippen LogP contribution in [0.15, 0.2) is 5.16 Å². The molecule has 1 aliphatic heterocycles. The van der Waals surface area contributed by atoms with E-state index in [-0.39, 0.29) is 11.9 Å². The number of anilines is 1. The van der Waals surface area contributed by atoms with Crippen molar-refractivity contribution in [3.63, 3.8) is 0 Å². The van der Waals surface area contributed by atoms with Crippen LogP contribution < -0.4 is 10.6 Å². The first-order valence-corrected chi connectivity index (χ1v) is 6.14. The molecule has 1 aromatic rings. The van der Waals surface area contributed by atoms with Crippen molar-refractivity contribution in [1.29, 1.82) is 0 Å². The number of nitrogens with two attached hydrogens (primary N) is 1. The van der Waals surface area contributed by atoms with E-state index in [4.69, 9.17) is 5.73 Å². The SMILES string of the molecule is CSc1nsc(N2CC(N)CC2=O)n1. The Labute approximate surface area is 89.9 Å². The molecular formula is C7H10N4OS2. The summed E-state index contributed by atoms with van der Waals surface area (Å²) in [5, 5.41) is 1.37. The van der Waals surface area contributed by atoms with Gasteiger partial charge in [0.15, 0.2) is 0 Å². The molecule has 1 fully saturated rings. The van der Waals surface area contributed by atoms with E-state index < -0.39 is 0 Å². The molecule has 2 rings (SSSR count). The van der Waals surface area contributed by atoms with Crippen molar-refractivity contribution in [2.24, 2.45) is 5.73 Å². The predicted octanol–water partition coefficient (Wildman–Crippen LogP) is 0.324. The van der Waals surface area contributed by atoms with Gasteiger partial charge in [-0.15, -0.1) is 0 Å². The summed E-state index contributed by atoms with van der Waals surface area (Å²) in [5.74, 6) is 0.0429. The fourth-order valence-electron chi connectivity index (χ4n) is 1.32. The number of hydrogen-bond acceptors (Lipinski definition) is 6. The van der Waals surface area contributed by atoms with Gasteiger partial charge >= 0.3 is 0 Å². The minimum Gasteiger partial charge on any atom is -0.326 e. The molecule has 0 saturated carbocycles. The number of carbonyl (C=O) groups excluding carboxylic acids is 1. The maximum atomic E-state index is 11.5. The molecule has 0 aromatic carbocycles. The van der Waals surface area contributed by atoms with Crippen LogP contribution in [0.3, 0.4) is 0 Å². The average Bonchev–Trinajstić information content (AvgIpc) is 2.71. The first-order valence-electron chi connectivity index (χ1n) is 4.14. The maximum Gasteiger partial charge on any atom is 0.230 e. The van der Waals surface area contributed by atoms with Gasteiger partial charge in [0.2, 0.25) is 16.2 Å². The van der Waals surface area contributed by atoms with Crippen molar-refractivity contribution >= 4 is 34.3 Å². The van der Waals surface area contributed by atoms with Crippen molar-refractivity contribution in [3.8, 4) is 0 Å². The van der Waals surface area contributed by atoms with Gasteiger partial charge in [0.25, 0.3) is 0 Å². The third-order valence-corrected chi connectivity index (χ3v) is 3.37. The van der Waals surface area contributed by atoms with Crippen LogP contribution in [0.4, 0.5) is 5.13 Å². The van der Waals surface area contributed by atoms with E-state index in [2.05, 4.69) is 9.36 Å². The molecule has 0 bridgehead atoms. The minimum atomic E-state index is -0.0656. The molecule has 7 heteroatoms. The normalized spacial score (nSPS) is 22.0. The highest BCUT2D eigenvalue weighted by atomic mass is 32.2. The van der Waals surface area contributed by atoms with Crippen LogP contribution in [0.2, 0.25) is 0 Å². The lowest BCUT2D eigenvalue weighted by Gasteiger charge is -2.09. The van der Waals surface area contributed by atoms with Crippen molar-refractivity contribution in [1.82, 2.24) is 9.36 Å². The molecule has 2 N–H and O–H groups in total. The zero-order valence-electron chi connectivity index (χ0n) is 7.64. The highest BCUT2D eigenvalue weighted by Gasteiger charge is 2.30. The number of hydrogen-bond donors (Lipinski definition) is 1. The molecule has 76 valence electrons. The smallest absolute Gasteiger partial charge is 0.230 e. The van der Waals surface area contributed by atoms with Crippen LogP contribution in [0, 0.1) is 0 Å². The summed E-state index contributed by atoms with van der Waals surface area (Å²) in [6, 6.07) is -0.0656. The minimum absolute atomic E-state index is 0.0429. The number of nitrogens with zero attached hydrogens (tertiary/aromatic N) is 3. The molecule has 1 saturated heterocycles. The first kappa shape index (κ1) is 9.88. The van der Waals surface area contributed by atoms with Gasteiger partial charge in [0, 0.05) is 30.5 Å². The Morgan fingerprint density at radius 1 is 1.71 bits per heavy atom. The summed E-state index contributed by atoms with van der Waals surface area (Å²) in [4.78, 5) is 17.3. The zero-order valence-corrected chi connectivity index (χ0v) is 9.27. The van der Waals surface area contributed by atoms with Crippen molar-refractivity contribution in [2.75, 3.05) is 17.7 Å². The Balaban J connectivity index is 2.18. The Bertz CT molecular complexity index is 353. The summed E-state index contributed by atoms with van der Waals surface area (Å²) in [6.07, 6.45) is 2.32. The van der Waals surface area contributed by atoms with Gasteiger partial charge in [-0.05, 0) is 6.26 Å². The summed E-state index contributed by atoms with van der Waals surface area (Å²) in [6.45, 7) is 0.557. The van der Waals surface area contributed by atoms with Crippen LogP contribution in [-0.4, -0.2) is 34.1 Å². The average molecular weight is 230 g/mol. The van der Waals surface area contributed by atoms with E-state index in [0.29, 0.717) is 23.3 Å². The second kappa shape index (κ2) is 3.84. The molecule has 1 aromatic heterocycles. The molecule has 1 unspecified atom stereocenters. The number of amides is 1. The lowest BCUT2D eigenvalue weighted by molar-refractivity contribution is -0.117.